The van der Waals surface area contributed by atoms with Gasteiger partial charge in [-0.2, -0.15) is 0 Å². The second-order valence-corrected chi connectivity index (χ2v) is 6.69. The fourth-order valence-electron chi connectivity index (χ4n) is 3.15. The summed E-state index contributed by atoms with van der Waals surface area (Å²) in [5, 5.41) is 4.11. The molecule has 1 amide bonds. The van der Waals surface area contributed by atoms with E-state index in [2.05, 4.69) is 10.1 Å². The summed E-state index contributed by atoms with van der Waals surface area (Å²) in [4.78, 5) is 19.1. The minimum Gasteiger partial charge on any atom is -0.359 e. The van der Waals surface area contributed by atoms with Gasteiger partial charge in [-0.25, -0.2) is 4.98 Å². The van der Waals surface area contributed by atoms with E-state index in [9.17, 15) is 4.79 Å². The van der Waals surface area contributed by atoms with Crippen molar-refractivity contribution in [2.75, 3.05) is 7.05 Å². The summed E-state index contributed by atoms with van der Waals surface area (Å²) >= 11 is 0. The van der Waals surface area contributed by atoms with E-state index in [0.717, 1.165) is 22.5 Å². The predicted octanol–water partition coefficient (Wildman–Crippen LogP) is 3.88. The van der Waals surface area contributed by atoms with E-state index >= 15 is 0 Å². The van der Waals surface area contributed by atoms with E-state index in [4.69, 9.17) is 4.52 Å². The molecule has 0 aliphatic carbocycles. The molecule has 4 aromatic rings. The van der Waals surface area contributed by atoms with Crippen LogP contribution in [0, 0.1) is 13.8 Å². The highest BCUT2D eigenvalue weighted by molar-refractivity contribution is 5.94. The van der Waals surface area contributed by atoms with Crippen molar-refractivity contribution in [1.82, 2.24) is 19.4 Å². The summed E-state index contributed by atoms with van der Waals surface area (Å²) in [7, 11) is 1.75. The number of rotatable bonds is 4. The van der Waals surface area contributed by atoms with Gasteiger partial charge in [0, 0.05) is 24.9 Å². The van der Waals surface area contributed by atoms with Crippen molar-refractivity contribution in [2.45, 2.75) is 20.4 Å². The van der Waals surface area contributed by atoms with Crippen LogP contribution in [0.5, 0.6) is 0 Å². The van der Waals surface area contributed by atoms with Crippen LogP contribution < -0.4 is 0 Å². The van der Waals surface area contributed by atoms with E-state index in [-0.39, 0.29) is 5.91 Å². The molecule has 0 unspecified atom stereocenters. The van der Waals surface area contributed by atoms with E-state index in [1.165, 1.54) is 0 Å². The van der Waals surface area contributed by atoms with Crippen molar-refractivity contribution in [3.8, 4) is 11.3 Å². The van der Waals surface area contributed by atoms with Crippen molar-refractivity contribution in [3.63, 3.8) is 0 Å². The van der Waals surface area contributed by atoms with Crippen molar-refractivity contribution >= 4 is 11.6 Å². The van der Waals surface area contributed by atoms with Gasteiger partial charge in [0.2, 0.25) is 0 Å². The monoisotopic (exact) mass is 360 g/mol. The molecule has 0 aliphatic rings. The molecule has 0 N–H and O–H groups in total. The molecular weight excluding hydrogens is 340 g/mol. The molecule has 0 saturated carbocycles. The van der Waals surface area contributed by atoms with E-state index in [0.29, 0.717) is 23.7 Å². The maximum absolute atomic E-state index is 13.0. The molecule has 0 spiro atoms. The first-order valence-electron chi connectivity index (χ1n) is 8.75. The van der Waals surface area contributed by atoms with Crippen molar-refractivity contribution in [1.29, 1.82) is 0 Å². The third-order valence-electron chi connectivity index (χ3n) is 4.51. The topological polar surface area (TPSA) is 63.6 Å². The van der Waals surface area contributed by atoms with Gasteiger partial charge in [0.05, 0.1) is 12.2 Å². The number of imidazole rings is 1. The Bertz CT molecular complexity index is 1110. The highest BCUT2D eigenvalue weighted by Crippen LogP contribution is 2.20. The number of amides is 1. The molecule has 0 atom stereocenters. The predicted molar refractivity (Wildman–Crippen MR) is 102 cm³/mol. The lowest BCUT2D eigenvalue weighted by molar-refractivity contribution is 0.0764. The Balaban J connectivity index is 1.58. The van der Waals surface area contributed by atoms with Gasteiger partial charge in [-0.15, -0.1) is 0 Å². The number of fused-ring (bicyclic) bond motifs is 1. The first-order valence-corrected chi connectivity index (χ1v) is 8.75. The molecule has 3 heterocycles. The number of carbonyl (C=O) groups is 1. The normalized spacial score (nSPS) is 11.1. The maximum Gasteiger partial charge on any atom is 0.272 e. The number of benzene rings is 1. The summed E-state index contributed by atoms with van der Waals surface area (Å²) in [6.45, 7) is 4.18. The van der Waals surface area contributed by atoms with Gasteiger partial charge in [-0.3, -0.25) is 9.20 Å². The van der Waals surface area contributed by atoms with E-state index in [1.54, 1.807) is 11.9 Å². The minimum absolute atomic E-state index is 0.108. The first kappa shape index (κ1) is 17.0. The summed E-state index contributed by atoms with van der Waals surface area (Å²) in [6, 6.07) is 15.6. The lowest BCUT2D eigenvalue weighted by Crippen LogP contribution is -2.27. The van der Waals surface area contributed by atoms with Gasteiger partial charge in [0.15, 0.2) is 5.76 Å². The van der Waals surface area contributed by atoms with Gasteiger partial charge in [-0.05, 0) is 25.5 Å². The highest BCUT2D eigenvalue weighted by atomic mass is 16.5. The molecule has 136 valence electrons. The average Bonchev–Trinajstić information content (AvgIpc) is 3.25. The number of hydrogen-bond donors (Lipinski definition) is 0. The zero-order valence-corrected chi connectivity index (χ0v) is 15.5. The lowest BCUT2D eigenvalue weighted by atomic mass is 10.1. The molecule has 0 fully saturated rings. The summed E-state index contributed by atoms with van der Waals surface area (Å²) < 4.78 is 7.27. The molecule has 3 aromatic heterocycles. The van der Waals surface area contributed by atoms with Gasteiger partial charge in [-0.1, -0.05) is 41.6 Å². The number of pyridine rings is 1. The van der Waals surface area contributed by atoms with Crippen molar-refractivity contribution < 1.29 is 9.32 Å². The van der Waals surface area contributed by atoms with E-state index in [1.807, 2.05) is 73.0 Å². The molecule has 27 heavy (non-hydrogen) atoms. The molecule has 0 bridgehead atoms. The van der Waals surface area contributed by atoms with Crippen molar-refractivity contribution in [2.24, 2.45) is 0 Å². The number of nitrogens with zero attached hydrogens (tertiary/aromatic N) is 4. The second kappa shape index (κ2) is 6.72. The molecule has 0 saturated heterocycles. The van der Waals surface area contributed by atoms with Gasteiger partial charge in [0.1, 0.15) is 17.0 Å². The molecular formula is C21H20N4O2. The summed E-state index contributed by atoms with van der Waals surface area (Å²) in [5.74, 6) is 0.524. The molecule has 0 radical (unpaired) electrons. The van der Waals surface area contributed by atoms with Crippen LogP contribution in [-0.2, 0) is 6.54 Å². The molecule has 6 nitrogen and oxygen atoms in total. The van der Waals surface area contributed by atoms with Gasteiger partial charge >= 0.3 is 0 Å². The van der Waals surface area contributed by atoms with Gasteiger partial charge < -0.3 is 9.42 Å². The van der Waals surface area contributed by atoms with Crippen LogP contribution >= 0.6 is 0 Å². The van der Waals surface area contributed by atoms with Crippen LogP contribution in [0.1, 0.15) is 27.5 Å². The first-order chi connectivity index (χ1) is 13.0. The van der Waals surface area contributed by atoms with Crippen LogP contribution in [-0.4, -0.2) is 32.4 Å². The zero-order valence-electron chi connectivity index (χ0n) is 15.5. The fourth-order valence-corrected chi connectivity index (χ4v) is 3.15. The minimum atomic E-state index is -0.108. The Hall–Kier alpha value is -3.41. The maximum atomic E-state index is 13.0. The summed E-state index contributed by atoms with van der Waals surface area (Å²) in [6.07, 6.45) is 1.93. The Labute approximate surface area is 157 Å². The zero-order chi connectivity index (χ0) is 19.0. The molecule has 1 aromatic carbocycles. The lowest BCUT2D eigenvalue weighted by Gasteiger charge is -2.15. The molecule has 0 aliphatic heterocycles. The van der Waals surface area contributed by atoms with Crippen LogP contribution in [0.4, 0.5) is 0 Å². The third-order valence-corrected chi connectivity index (χ3v) is 4.51. The number of aromatic nitrogens is 3. The van der Waals surface area contributed by atoms with E-state index < -0.39 is 0 Å². The van der Waals surface area contributed by atoms with Crippen LogP contribution in [0.15, 0.2) is 59.3 Å². The number of aryl methyl sites for hydroxylation is 2. The third kappa shape index (κ3) is 3.21. The second-order valence-electron chi connectivity index (χ2n) is 6.69. The standard InChI is InChI=1S/C21H20N4O2/c1-14-9-10-19-22-15(2)20(25(19)12-14)21(26)24(3)13-17-11-18(23-27-17)16-7-5-4-6-8-16/h4-12H,13H2,1-3H3. The van der Waals surface area contributed by atoms with Crippen LogP contribution in [0.3, 0.4) is 0 Å². The Morgan fingerprint density at radius 1 is 1.15 bits per heavy atom. The fraction of sp³-hybridized carbons (Fsp3) is 0.190. The Morgan fingerprint density at radius 2 is 1.93 bits per heavy atom. The molecule has 4 rings (SSSR count). The number of carbonyl (C=O) groups excluding carboxylic acids is 1. The largest absolute Gasteiger partial charge is 0.359 e. The van der Waals surface area contributed by atoms with Crippen molar-refractivity contribution in [3.05, 3.63) is 77.4 Å². The highest BCUT2D eigenvalue weighted by Gasteiger charge is 2.21. The Kier molecular flexibility index (Phi) is 4.24. The van der Waals surface area contributed by atoms with Crippen LogP contribution in [0.2, 0.25) is 0 Å². The van der Waals surface area contributed by atoms with Gasteiger partial charge in [0.25, 0.3) is 5.91 Å². The average molecular weight is 360 g/mol. The molecule has 6 heteroatoms. The SMILES string of the molecule is Cc1ccc2nc(C)c(C(=O)N(C)Cc3cc(-c4ccccc4)no3)n2c1. The quantitative estimate of drug-likeness (QED) is 0.554. The smallest absolute Gasteiger partial charge is 0.272 e. The summed E-state index contributed by atoms with van der Waals surface area (Å²) in [5.41, 5.74) is 4.85. The van der Waals surface area contributed by atoms with Crippen LogP contribution in [0.25, 0.3) is 16.9 Å². The number of hydrogen-bond acceptors (Lipinski definition) is 4. The Morgan fingerprint density at radius 3 is 2.70 bits per heavy atom.